The Morgan fingerprint density at radius 1 is 0.787 bits per heavy atom. The maximum Gasteiger partial charge on any atom is 0.264 e. The van der Waals surface area contributed by atoms with Gasteiger partial charge in [-0.15, -0.1) is 0 Å². The summed E-state index contributed by atoms with van der Waals surface area (Å²) >= 11 is 0. The molecule has 7 nitrogen and oxygen atoms in total. The van der Waals surface area contributed by atoms with Crippen LogP contribution in [0.1, 0.15) is 67.7 Å². The van der Waals surface area contributed by atoms with E-state index in [1.54, 1.807) is 41.3 Å². The quantitative estimate of drug-likeness (QED) is 0.169. The van der Waals surface area contributed by atoms with Crippen LogP contribution in [0.15, 0.2) is 114 Å². The first-order valence-corrected chi connectivity index (χ1v) is 17.9. The Balaban J connectivity index is 1.56. The highest BCUT2D eigenvalue weighted by Crippen LogP contribution is 2.27. The third-order valence-corrected chi connectivity index (χ3v) is 10.7. The van der Waals surface area contributed by atoms with Crippen molar-refractivity contribution in [3.8, 4) is 0 Å². The first kappa shape index (κ1) is 33.9. The highest BCUT2D eigenvalue weighted by atomic mass is 32.2. The summed E-state index contributed by atoms with van der Waals surface area (Å²) in [6, 6.07) is 32.3. The summed E-state index contributed by atoms with van der Waals surface area (Å²) in [5.74, 6) is -0.425. The maximum atomic E-state index is 14.7. The summed E-state index contributed by atoms with van der Waals surface area (Å²) in [6.45, 7) is 5.73. The monoisotopic (exact) mass is 651 g/mol. The summed E-state index contributed by atoms with van der Waals surface area (Å²) in [7, 11) is -4.14. The van der Waals surface area contributed by atoms with Gasteiger partial charge in [0.2, 0.25) is 11.8 Å². The number of carbonyl (C=O) groups excluding carboxylic acids is 2. The molecule has 8 heteroatoms. The van der Waals surface area contributed by atoms with Crippen LogP contribution < -0.4 is 9.62 Å². The van der Waals surface area contributed by atoms with E-state index in [-0.39, 0.29) is 29.3 Å². The molecule has 0 heterocycles. The molecule has 1 aliphatic rings. The third kappa shape index (κ3) is 8.69. The number of rotatable bonds is 13. The molecule has 1 fully saturated rings. The molecule has 47 heavy (non-hydrogen) atoms. The average Bonchev–Trinajstić information content (AvgIpc) is 3.59. The van der Waals surface area contributed by atoms with Crippen molar-refractivity contribution in [3.63, 3.8) is 0 Å². The zero-order valence-electron chi connectivity index (χ0n) is 27.5. The van der Waals surface area contributed by atoms with Crippen LogP contribution in [-0.4, -0.2) is 43.8 Å². The van der Waals surface area contributed by atoms with Crippen molar-refractivity contribution in [2.45, 2.75) is 82.3 Å². The molecule has 0 bridgehead atoms. The van der Waals surface area contributed by atoms with Gasteiger partial charge in [0, 0.05) is 19.0 Å². The Kier molecular flexibility index (Phi) is 11.1. The van der Waals surface area contributed by atoms with Crippen LogP contribution in [0.4, 0.5) is 5.69 Å². The molecular weight excluding hydrogens is 607 g/mol. The Bertz CT molecular complexity index is 1720. The molecule has 5 rings (SSSR count). The Labute approximate surface area is 279 Å². The molecule has 0 aliphatic heterocycles. The maximum absolute atomic E-state index is 14.7. The molecule has 4 aromatic carbocycles. The van der Waals surface area contributed by atoms with Crippen LogP contribution in [0.25, 0.3) is 0 Å². The average molecular weight is 652 g/mol. The molecule has 1 atom stereocenters. The first-order chi connectivity index (χ1) is 22.6. The van der Waals surface area contributed by atoms with Gasteiger partial charge in [0.25, 0.3) is 10.0 Å². The van der Waals surface area contributed by atoms with E-state index in [1.807, 2.05) is 79.7 Å². The van der Waals surface area contributed by atoms with E-state index in [0.717, 1.165) is 47.9 Å². The molecular formula is C39H45N3O4S. The Morgan fingerprint density at radius 3 is 1.94 bits per heavy atom. The van der Waals surface area contributed by atoms with E-state index in [9.17, 15) is 18.0 Å². The fourth-order valence-electron chi connectivity index (χ4n) is 6.09. The van der Waals surface area contributed by atoms with Gasteiger partial charge in [-0.3, -0.25) is 13.9 Å². The number of aryl methyl sites for hydroxylation is 1. The zero-order valence-corrected chi connectivity index (χ0v) is 28.3. The number of hydrogen-bond donors (Lipinski definition) is 1. The summed E-state index contributed by atoms with van der Waals surface area (Å²) in [4.78, 5) is 30.4. The molecule has 1 unspecified atom stereocenters. The summed E-state index contributed by atoms with van der Waals surface area (Å²) < 4.78 is 29.7. The van der Waals surface area contributed by atoms with Gasteiger partial charge in [-0.05, 0) is 66.6 Å². The molecule has 246 valence electrons. The van der Waals surface area contributed by atoms with Crippen LogP contribution in [-0.2, 0) is 32.6 Å². The predicted molar refractivity (Wildman–Crippen MR) is 188 cm³/mol. The van der Waals surface area contributed by atoms with Crippen molar-refractivity contribution >= 4 is 27.5 Å². The molecule has 1 aliphatic carbocycles. The lowest BCUT2D eigenvalue weighted by Crippen LogP contribution is -2.54. The van der Waals surface area contributed by atoms with E-state index in [0.29, 0.717) is 12.1 Å². The van der Waals surface area contributed by atoms with E-state index < -0.39 is 28.5 Å². The molecule has 2 amide bonds. The number of benzene rings is 4. The molecule has 0 saturated heterocycles. The SMILES string of the molecule is Cc1ccc(S(=O)(=O)N(CC(=O)N(Cc2ccccc2)C(Cc2ccccc2)C(=O)NC2CCCC2)c2ccc(C(C)C)cc2)cc1. The molecule has 4 aromatic rings. The number of amides is 2. The lowest BCUT2D eigenvalue weighted by atomic mass is 10.0. The van der Waals surface area contributed by atoms with Crippen molar-refractivity contribution < 1.29 is 18.0 Å². The molecule has 1 saturated carbocycles. The van der Waals surface area contributed by atoms with Crippen LogP contribution in [0.3, 0.4) is 0 Å². The van der Waals surface area contributed by atoms with Gasteiger partial charge in [-0.25, -0.2) is 8.42 Å². The lowest BCUT2D eigenvalue weighted by Gasteiger charge is -2.34. The van der Waals surface area contributed by atoms with Gasteiger partial charge in [0.1, 0.15) is 12.6 Å². The standard InChI is InChI=1S/C39H45N3O4S/c1-29(2)33-20-22-35(23-21-33)42(47(45,46)36-24-18-30(3)19-25-36)28-38(43)41(27-32-14-8-5-9-15-32)37(26-31-12-6-4-7-13-31)39(44)40-34-16-10-11-17-34/h4-9,12-15,18-25,29,34,37H,10-11,16-17,26-28H2,1-3H3,(H,40,44). The van der Waals surface area contributed by atoms with Gasteiger partial charge >= 0.3 is 0 Å². The van der Waals surface area contributed by atoms with Gasteiger partial charge < -0.3 is 10.2 Å². The fourth-order valence-corrected chi connectivity index (χ4v) is 7.51. The summed E-state index contributed by atoms with van der Waals surface area (Å²) in [6.07, 6.45) is 4.23. The van der Waals surface area contributed by atoms with E-state index in [4.69, 9.17) is 0 Å². The highest BCUT2D eigenvalue weighted by Gasteiger charge is 2.35. The van der Waals surface area contributed by atoms with Gasteiger partial charge in [0.05, 0.1) is 10.6 Å². The first-order valence-electron chi connectivity index (χ1n) is 16.5. The highest BCUT2D eigenvalue weighted by molar-refractivity contribution is 7.92. The number of hydrogen-bond acceptors (Lipinski definition) is 4. The Hall–Kier alpha value is -4.43. The second-order valence-electron chi connectivity index (χ2n) is 12.8. The van der Waals surface area contributed by atoms with Gasteiger partial charge in [-0.2, -0.15) is 0 Å². The minimum absolute atomic E-state index is 0.0623. The van der Waals surface area contributed by atoms with Gasteiger partial charge in [0.15, 0.2) is 0 Å². The van der Waals surface area contributed by atoms with Crippen molar-refractivity contribution in [1.29, 1.82) is 0 Å². The lowest BCUT2D eigenvalue weighted by molar-refractivity contribution is -0.140. The van der Waals surface area contributed by atoms with Crippen molar-refractivity contribution in [3.05, 3.63) is 131 Å². The summed E-state index contributed by atoms with van der Waals surface area (Å²) in [5.41, 5.74) is 4.14. The number of anilines is 1. The van der Waals surface area contributed by atoms with E-state index in [1.165, 1.54) is 4.31 Å². The van der Waals surface area contributed by atoms with Crippen LogP contribution in [0, 0.1) is 6.92 Å². The second kappa shape index (κ2) is 15.4. The van der Waals surface area contributed by atoms with Crippen molar-refractivity contribution in [2.75, 3.05) is 10.8 Å². The normalized spacial score (nSPS) is 14.1. The molecule has 0 spiro atoms. The van der Waals surface area contributed by atoms with E-state index in [2.05, 4.69) is 19.2 Å². The second-order valence-corrected chi connectivity index (χ2v) is 14.6. The van der Waals surface area contributed by atoms with Crippen molar-refractivity contribution in [1.82, 2.24) is 10.2 Å². The third-order valence-electron chi connectivity index (χ3n) is 8.90. The van der Waals surface area contributed by atoms with Crippen molar-refractivity contribution in [2.24, 2.45) is 0 Å². The fraction of sp³-hybridized carbons (Fsp3) is 0.333. The number of carbonyl (C=O) groups is 2. The molecule has 0 radical (unpaired) electrons. The topological polar surface area (TPSA) is 86.8 Å². The largest absolute Gasteiger partial charge is 0.352 e. The minimum Gasteiger partial charge on any atom is -0.352 e. The van der Waals surface area contributed by atoms with Crippen LogP contribution in [0.5, 0.6) is 0 Å². The predicted octanol–water partition coefficient (Wildman–Crippen LogP) is 7.01. The van der Waals surface area contributed by atoms with Gasteiger partial charge in [-0.1, -0.05) is 117 Å². The number of nitrogens with zero attached hydrogens (tertiary/aromatic N) is 2. The number of nitrogens with one attached hydrogen (secondary N) is 1. The Morgan fingerprint density at radius 2 is 1.36 bits per heavy atom. The van der Waals surface area contributed by atoms with Crippen LogP contribution >= 0.6 is 0 Å². The van der Waals surface area contributed by atoms with Crippen LogP contribution in [0.2, 0.25) is 0 Å². The summed E-state index contributed by atoms with van der Waals surface area (Å²) in [5, 5.41) is 3.22. The smallest absolute Gasteiger partial charge is 0.264 e. The van der Waals surface area contributed by atoms with E-state index >= 15 is 0 Å². The molecule has 0 aromatic heterocycles. The molecule has 1 N–H and O–H groups in total. The zero-order chi connectivity index (χ0) is 33.4. The minimum atomic E-state index is -4.14. The number of sulfonamides is 1.